The van der Waals surface area contributed by atoms with Crippen LogP contribution in [0.15, 0.2) is 18.2 Å². The van der Waals surface area contributed by atoms with Crippen LogP contribution in [-0.2, 0) is 4.74 Å². The van der Waals surface area contributed by atoms with Crippen molar-refractivity contribution < 1.29 is 9.53 Å². The molecule has 1 saturated heterocycles. The fraction of sp³-hybridized carbons (Fsp3) is 0.542. The maximum atomic E-state index is 13.8. The molecule has 0 N–H and O–H groups in total. The highest BCUT2D eigenvalue weighted by molar-refractivity contribution is 7.22. The molecule has 32 heavy (non-hydrogen) atoms. The van der Waals surface area contributed by atoms with Gasteiger partial charge in [0.1, 0.15) is 5.69 Å². The van der Waals surface area contributed by atoms with E-state index in [1.54, 1.807) is 11.3 Å². The number of carbonyl (C=O) groups is 1. The van der Waals surface area contributed by atoms with Crippen molar-refractivity contribution in [2.24, 2.45) is 0 Å². The summed E-state index contributed by atoms with van der Waals surface area (Å²) in [5, 5.41) is 5.32. The van der Waals surface area contributed by atoms with Crippen molar-refractivity contribution in [3.63, 3.8) is 0 Å². The Kier molecular flexibility index (Phi) is 6.93. The monoisotopic (exact) mass is 455 g/mol. The number of amides is 1. The average molecular weight is 456 g/mol. The third kappa shape index (κ3) is 4.87. The molecule has 0 spiro atoms. The molecular weight excluding hydrogens is 422 g/mol. The van der Waals surface area contributed by atoms with Gasteiger partial charge in [0, 0.05) is 32.2 Å². The lowest BCUT2D eigenvalue weighted by atomic mass is 10.1. The number of thiazole rings is 1. The predicted molar refractivity (Wildman–Crippen MR) is 130 cm³/mol. The molecule has 0 radical (unpaired) electrons. The molecule has 0 bridgehead atoms. The smallest absolute Gasteiger partial charge is 0.278 e. The number of ether oxygens (including phenoxy) is 1. The second kappa shape index (κ2) is 9.68. The third-order valence-electron chi connectivity index (χ3n) is 5.81. The number of fused-ring (bicyclic) bond motifs is 1. The number of aromatic nitrogens is 3. The molecule has 0 unspecified atom stereocenters. The van der Waals surface area contributed by atoms with E-state index in [1.807, 2.05) is 22.6 Å². The van der Waals surface area contributed by atoms with E-state index in [1.165, 1.54) is 11.1 Å². The van der Waals surface area contributed by atoms with E-state index >= 15 is 0 Å². The minimum atomic E-state index is -0.0327. The Hall–Kier alpha value is -2.29. The van der Waals surface area contributed by atoms with Crippen molar-refractivity contribution in [1.82, 2.24) is 19.7 Å². The first-order valence-electron chi connectivity index (χ1n) is 11.4. The number of nitrogens with zero attached hydrogens (tertiary/aromatic N) is 5. The van der Waals surface area contributed by atoms with E-state index in [9.17, 15) is 4.79 Å². The second-order valence-corrected chi connectivity index (χ2v) is 9.88. The molecule has 2 aromatic heterocycles. The van der Waals surface area contributed by atoms with Gasteiger partial charge < -0.3 is 4.74 Å². The van der Waals surface area contributed by atoms with Crippen LogP contribution < -0.4 is 4.90 Å². The fourth-order valence-electron chi connectivity index (χ4n) is 4.25. The van der Waals surface area contributed by atoms with Gasteiger partial charge in [-0.3, -0.25) is 19.3 Å². The van der Waals surface area contributed by atoms with Gasteiger partial charge in [-0.25, -0.2) is 4.98 Å². The van der Waals surface area contributed by atoms with Crippen LogP contribution in [0, 0.1) is 20.8 Å². The number of benzene rings is 1. The van der Waals surface area contributed by atoms with Crippen LogP contribution in [0.1, 0.15) is 53.6 Å². The van der Waals surface area contributed by atoms with Crippen LogP contribution in [0.3, 0.4) is 0 Å². The van der Waals surface area contributed by atoms with Gasteiger partial charge in [-0.2, -0.15) is 5.10 Å². The van der Waals surface area contributed by atoms with Gasteiger partial charge in [-0.1, -0.05) is 17.4 Å². The summed E-state index contributed by atoms with van der Waals surface area (Å²) in [6.45, 7) is 15.3. The number of rotatable bonds is 7. The summed E-state index contributed by atoms with van der Waals surface area (Å²) in [5.74, 6) is -0.0327. The van der Waals surface area contributed by atoms with E-state index < -0.39 is 0 Å². The van der Waals surface area contributed by atoms with Crippen LogP contribution in [0.25, 0.3) is 10.2 Å². The van der Waals surface area contributed by atoms with E-state index in [0.29, 0.717) is 12.2 Å². The Balaban J connectivity index is 1.65. The normalized spacial score (nSPS) is 15.1. The molecule has 4 rings (SSSR count). The van der Waals surface area contributed by atoms with Crippen molar-refractivity contribution >= 4 is 32.6 Å². The first-order valence-corrected chi connectivity index (χ1v) is 12.2. The Morgan fingerprint density at radius 2 is 1.94 bits per heavy atom. The molecule has 0 aliphatic carbocycles. The van der Waals surface area contributed by atoms with E-state index in [-0.39, 0.29) is 11.9 Å². The van der Waals surface area contributed by atoms with Crippen molar-refractivity contribution in [3.05, 3.63) is 40.7 Å². The molecule has 1 aromatic carbocycles. The summed E-state index contributed by atoms with van der Waals surface area (Å²) >= 11 is 1.60. The number of hydrogen-bond acceptors (Lipinski definition) is 6. The Morgan fingerprint density at radius 1 is 1.19 bits per heavy atom. The van der Waals surface area contributed by atoms with E-state index in [2.05, 4.69) is 49.8 Å². The predicted octanol–water partition coefficient (Wildman–Crippen LogP) is 4.37. The van der Waals surface area contributed by atoms with Gasteiger partial charge in [0.2, 0.25) is 0 Å². The lowest BCUT2D eigenvalue weighted by Gasteiger charge is -2.28. The van der Waals surface area contributed by atoms with Crippen molar-refractivity contribution in [3.8, 4) is 0 Å². The first kappa shape index (κ1) is 22.9. The number of morpholine rings is 1. The molecule has 1 aliphatic rings. The standard InChI is InChI=1S/C24H33N5O2S/c1-16(2)29-21(15-19(5)26-29)23(30)28(8-6-7-27-9-11-31-12-10-27)24-25-20-14-17(3)13-18(4)22(20)32-24/h13-16H,6-12H2,1-5H3. The molecular formula is C24H33N5O2S. The molecule has 0 saturated carbocycles. The highest BCUT2D eigenvalue weighted by Crippen LogP contribution is 2.33. The summed E-state index contributed by atoms with van der Waals surface area (Å²) in [4.78, 5) is 22.9. The average Bonchev–Trinajstić information content (AvgIpc) is 3.35. The molecule has 1 fully saturated rings. The minimum Gasteiger partial charge on any atom is -0.379 e. The molecule has 172 valence electrons. The van der Waals surface area contributed by atoms with Crippen molar-refractivity contribution in [2.75, 3.05) is 44.3 Å². The summed E-state index contributed by atoms with van der Waals surface area (Å²) in [6, 6.07) is 6.27. The van der Waals surface area contributed by atoms with Crippen LogP contribution in [0.4, 0.5) is 5.13 Å². The second-order valence-electron chi connectivity index (χ2n) is 8.90. The largest absolute Gasteiger partial charge is 0.379 e. The zero-order valence-electron chi connectivity index (χ0n) is 19.7. The van der Waals surface area contributed by atoms with Gasteiger partial charge in [-0.15, -0.1) is 0 Å². The Morgan fingerprint density at radius 3 is 2.66 bits per heavy atom. The Labute approximate surface area is 194 Å². The molecule has 1 amide bonds. The quantitative estimate of drug-likeness (QED) is 0.529. The summed E-state index contributed by atoms with van der Waals surface area (Å²) in [6.07, 6.45) is 0.883. The number of aryl methyl sites for hydroxylation is 3. The zero-order chi connectivity index (χ0) is 22.8. The Bertz CT molecular complexity index is 1100. The van der Waals surface area contributed by atoms with Gasteiger partial charge in [0.05, 0.1) is 29.1 Å². The lowest BCUT2D eigenvalue weighted by Crippen LogP contribution is -2.39. The van der Waals surface area contributed by atoms with E-state index in [0.717, 1.165) is 60.3 Å². The topological polar surface area (TPSA) is 63.5 Å². The molecule has 3 aromatic rings. The first-order chi connectivity index (χ1) is 15.3. The summed E-state index contributed by atoms with van der Waals surface area (Å²) in [7, 11) is 0. The SMILES string of the molecule is Cc1cc(C)c2sc(N(CCCN3CCOCC3)C(=O)c3cc(C)nn3C(C)C)nc2c1. The van der Waals surface area contributed by atoms with Gasteiger partial charge >= 0.3 is 0 Å². The highest BCUT2D eigenvalue weighted by atomic mass is 32.1. The van der Waals surface area contributed by atoms with Crippen LogP contribution in [0.2, 0.25) is 0 Å². The van der Waals surface area contributed by atoms with E-state index in [4.69, 9.17) is 9.72 Å². The van der Waals surface area contributed by atoms with Gasteiger partial charge in [0.25, 0.3) is 5.91 Å². The number of hydrogen-bond donors (Lipinski definition) is 0. The summed E-state index contributed by atoms with van der Waals surface area (Å²) < 4.78 is 8.43. The molecule has 7 nitrogen and oxygen atoms in total. The molecule has 0 atom stereocenters. The third-order valence-corrected chi connectivity index (χ3v) is 7.04. The maximum Gasteiger partial charge on any atom is 0.278 e. The van der Waals surface area contributed by atoms with Crippen molar-refractivity contribution in [1.29, 1.82) is 0 Å². The molecule has 8 heteroatoms. The minimum absolute atomic E-state index is 0.0327. The fourth-order valence-corrected chi connectivity index (χ4v) is 5.29. The number of anilines is 1. The van der Waals surface area contributed by atoms with Gasteiger partial charge in [0.15, 0.2) is 5.13 Å². The van der Waals surface area contributed by atoms with Crippen LogP contribution >= 0.6 is 11.3 Å². The zero-order valence-corrected chi connectivity index (χ0v) is 20.5. The molecule has 1 aliphatic heterocycles. The number of carbonyl (C=O) groups excluding carboxylic acids is 1. The highest BCUT2D eigenvalue weighted by Gasteiger charge is 2.26. The lowest BCUT2D eigenvalue weighted by molar-refractivity contribution is 0.0376. The maximum absolute atomic E-state index is 13.8. The van der Waals surface area contributed by atoms with Crippen molar-refractivity contribution in [2.45, 2.75) is 47.1 Å². The van der Waals surface area contributed by atoms with Crippen LogP contribution in [-0.4, -0.2) is 65.0 Å². The summed E-state index contributed by atoms with van der Waals surface area (Å²) in [5.41, 5.74) is 4.82. The van der Waals surface area contributed by atoms with Crippen LogP contribution in [0.5, 0.6) is 0 Å². The molecule has 3 heterocycles. The van der Waals surface area contributed by atoms with Gasteiger partial charge in [-0.05, 0) is 64.3 Å².